The summed E-state index contributed by atoms with van der Waals surface area (Å²) < 4.78 is 13.7. The number of nitrogens with zero attached hydrogens (tertiary/aromatic N) is 3. The third-order valence-corrected chi connectivity index (χ3v) is 2.56. The zero-order valence-corrected chi connectivity index (χ0v) is 10.6. The van der Waals surface area contributed by atoms with Crippen molar-refractivity contribution in [1.82, 2.24) is 9.97 Å². The maximum absolute atomic E-state index is 13.7. The van der Waals surface area contributed by atoms with Gasteiger partial charge in [-0.25, -0.2) is 20.2 Å². The number of nitrogen functional groups attached to an aromatic ring is 1. The van der Waals surface area contributed by atoms with Gasteiger partial charge in [-0.2, -0.15) is 0 Å². The van der Waals surface area contributed by atoms with Crippen molar-refractivity contribution in [2.45, 2.75) is 0 Å². The molecular weight excluding hydrogens is 291 g/mol. The van der Waals surface area contributed by atoms with Gasteiger partial charge in [-0.05, 0) is 18.2 Å². The summed E-state index contributed by atoms with van der Waals surface area (Å²) in [4.78, 5) is 17.6. The fourth-order valence-electron chi connectivity index (χ4n) is 1.47. The van der Waals surface area contributed by atoms with Gasteiger partial charge in [-0.3, -0.25) is 10.1 Å². The molecule has 0 unspecified atom stereocenters. The van der Waals surface area contributed by atoms with Crippen LogP contribution >= 0.6 is 11.6 Å². The van der Waals surface area contributed by atoms with E-state index in [0.717, 1.165) is 12.4 Å². The van der Waals surface area contributed by atoms with Crippen LogP contribution in [-0.4, -0.2) is 14.9 Å². The molecule has 0 fully saturated rings. The number of nitrogens with two attached hydrogens (primary N) is 1. The van der Waals surface area contributed by atoms with Crippen LogP contribution in [-0.2, 0) is 0 Å². The minimum atomic E-state index is -0.731. The summed E-state index contributed by atoms with van der Waals surface area (Å²) >= 11 is 5.62. The van der Waals surface area contributed by atoms with Crippen LogP contribution in [0, 0.1) is 15.9 Å². The Bertz CT molecular complexity index is 668. The highest BCUT2D eigenvalue weighted by Gasteiger charge is 2.23. The van der Waals surface area contributed by atoms with Crippen molar-refractivity contribution >= 4 is 34.6 Å². The molecule has 0 saturated carbocycles. The average Bonchev–Trinajstić information content (AvgIpc) is 2.41. The Balaban J connectivity index is 2.45. The van der Waals surface area contributed by atoms with Crippen molar-refractivity contribution in [2.75, 3.05) is 10.7 Å². The Morgan fingerprint density at radius 1 is 1.35 bits per heavy atom. The molecule has 8 nitrogen and oxygen atoms in total. The van der Waals surface area contributed by atoms with E-state index < -0.39 is 16.4 Å². The third kappa shape index (κ3) is 2.73. The Morgan fingerprint density at radius 2 is 2.05 bits per heavy atom. The van der Waals surface area contributed by atoms with Crippen molar-refractivity contribution in [2.24, 2.45) is 5.84 Å². The van der Waals surface area contributed by atoms with Crippen molar-refractivity contribution in [3.63, 3.8) is 0 Å². The number of anilines is 3. The van der Waals surface area contributed by atoms with E-state index in [1.807, 2.05) is 0 Å². The highest BCUT2D eigenvalue weighted by molar-refractivity contribution is 6.30. The number of nitrogens with one attached hydrogen (secondary N) is 2. The van der Waals surface area contributed by atoms with E-state index in [9.17, 15) is 14.5 Å². The first-order valence-corrected chi connectivity index (χ1v) is 5.59. The van der Waals surface area contributed by atoms with Crippen LogP contribution in [0.25, 0.3) is 0 Å². The number of benzene rings is 1. The zero-order chi connectivity index (χ0) is 14.7. The summed E-state index contributed by atoms with van der Waals surface area (Å²) in [5.41, 5.74) is 1.57. The van der Waals surface area contributed by atoms with Gasteiger partial charge in [0.2, 0.25) is 11.6 Å². The molecule has 0 saturated heterocycles. The van der Waals surface area contributed by atoms with E-state index >= 15 is 0 Å². The summed E-state index contributed by atoms with van der Waals surface area (Å²) in [7, 11) is 0. The molecule has 0 aliphatic rings. The van der Waals surface area contributed by atoms with Crippen LogP contribution in [0.1, 0.15) is 0 Å². The van der Waals surface area contributed by atoms with Gasteiger partial charge >= 0.3 is 5.69 Å². The second-order valence-electron chi connectivity index (χ2n) is 3.57. The van der Waals surface area contributed by atoms with E-state index in [0.29, 0.717) is 0 Å². The lowest BCUT2D eigenvalue weighted by atomic mass is 10.3. The van der Waals surface area contributed by atoms with Gasteiger partial charge in [-0.1, -0.05) is 11.6 Å². The normalized spacial score (nSPS) is 10.2. The van der Waals surface area contributed by atoms with Crippen LogP contribution in [0.4, 0.5) is 27.4 Å². The van der Waals surface area contributed by atoms with Crippen molar-refractivity contribution in [1.29, 1.82) is 0 Å². The van der Waals surface area contributed by atoms with E-state index in [1.54, 1.807) is 0 Å². The smallest absolute Gasteiger partial charge is 0.332 e. The SMILES string of the molecule is NNc1ncnc(Nc2ccc(Cl)cc2F)c1[N+](=O)[O-]. The average molecular weight is 299 g/mol. The fourth-order valence-corrected chi connectivity index (χ4v) is 1.63. The molecule has 1 aromatic heterocycles. The maximum atomic E-state index is 13.7. The minimum absolute atomic E-state index is 0.0147. The van der Waals surface area contributed by atoms with Gasteiger partial charge in [-0.15, -0.1) is 0 Å². The number of hydrazine groups is 1. The molecule has 0 bridgehead atoms. The predicted octanol–water partition coefficient (Wildman–Crippen LogP) is 2.21. The molecule has 0 radical (unpaired) electrons. The fraction of sp³-hybridized carbons (Fsp3) is 0. The van der Waals surface area contributed by atoms with Crippen molar-refractivity contribution in [3.05, 3.63) is 45.5 Å². The first kappa shape index (κ1) is 13.9. The minimum Gasteiger partial charge on any atom is -0.332 e. The summed E-state index contributed by atoms with van der Waals surface area (Å²) in [6, 6.07) is 3.83. The second kappa shape index (κ2) is 5.63. The topological polar surface area (TPSA) is 119 Å². The first-order valence-electron chi connectivity index (χ1n) is 5.21. The molecule has 0 spiro atoms. The van der Waals surface area contributed by atoms with E-state index in [-0.39, 0.29) is 22.3 Å². The molecular formula is C10H8ClFN6O2. The summed E-state index contributed by atoms with van der Waals surface area (Å²) in [5.74, 6) is 4.08. The standard InChI is InChI=1S/C10H8ClFN6O2/c11-5-1-2-7(6(12)3-5)16-9-8(18(19)20)10(17-13)15-4-14-9/h1-4H,13H2,(H2,14,15,16,17). The number of aromatic nitrogens is 2. The largest absolute Gasteiger partial charge is 0.354 e. The number of hydrogen-bond acceptors (Lipinski definition) is 7. The van der Waals surface area contributed by atoms with Crippen LogP contribution in [0.2, 0.25) is 5.02 Å². The summed E-state index contributed by atoms with van der Waals surface area (Å²) in [5, 5.41) is 13.7. The van der Waals surface area contributed by atoms with Gasteiger partial charge < -0.3 is 10.7 Å². The Hall–Kier alpha value is -2.52. The molecule has 104 valence electrons. The molecule has 0 amide bonds. The number of rotatable bonds is 4. The quantitative estimate of drug-likeness (QED) is 0.449. The molecule has 0 aliphatic carbocycles. The molecule has 4 N–H and O–H groups in total. The van der Waals surface area contributed by atoms with Crippen molar-refractivity contribution in [3.8, 4) is 0 Å². The molecule has 20 heavy (non-hydrogen) atoms. The number of hydrogen-bond donors (Lipinski definition) is 3. The molecule has 0 aliphatic heterocycles. The Kier molecular flexibility index (Phi) is 3.91. The summed E-state index contributed by atoms with van der Waals surface area (Å²) in [6.45, 7) is 0. The Morgan fingerprint density at radius 3 is 2.65 bits per heavy atom. The number of halogens is 2. The van der Waals surface area contributed by atoms with Crippen LogP contribution < -0.4 is 16.6 Å². The molecule has 2 rings (SSSR count). The third-order valence-electron chi connectivity index (χ3n) is 2.33. The Labute approximate surface area is 116 Å². The molecule has 10 heteroatoms. The van der Waals surface area contributed by atoms with Gasteiger partial charge in [0.05, 0.1) is 10.6 Å². The second-order valence-corrected chi connectivity index (χ2v) is 4.01. The predicted molar refractivity (Wildman–Crippen MR) is 71.2 cm³/mol. The van der Waals surface area contributed by atoms with Gasteiger partial charge in [0.1, 0.15) is 12.1 Å². The van der Waals surface area contributed by atoms with Crippen LogP contribution in [0.15, 0.2) is 24.5 Å². The van der Waals surface area contributed by atoms with Crippen LogP contribution in [0.3, 0.4) is 0 Å². The van der Waals surface area contributed by atoms with Crippen LogP contribution in [0.5, 0.6) is 0 Å². The molecule has 2 aromatic rings. The highest BCUT2D eigenvalue weighted by Crippen LogP contribution is 2.31. The lowest BCUT2D eigenvalue weighted by Crippen LogP contribution is -2.13. The molecule has 1 heterocycles. The lowest BCUT2D eigenvalue weighted by Gasteiger charge is -2.08. The van der Waals surface area contributed by atoms with E-state index in [4.69, 9.17) is 17.4 Å². The van der Waals surface area contributed by atoms with E-state index in [2.05, 4.69) is 20.7 Å². The van der Waals surface area contributed by atoms with E-state index in [1.165, 1.54) is 12.1 Å². The zero-order valence-electron chi connectivity index (χ0n) is 9.80. The highest BCUT2D eigenvalue weighted by atomic mass is 35.5. The monoisotopic (exact) mass is 298 g/mol. The van der Waals surface area contributed by atoms with Gasteiger partial charge in [0, 0.05) is 5.02 Å². The molecule has 1 aromatic carbocycles. The lowest BCUT2D eigenvalue weighted by molar-refractivity contribution is -0.383. The molecule has 0 atom stereocenters. The maximum Gasteiger partial charge on any atom is 0.354 e. The van der Waals surface area contributed by atoms with Gasteiger partial charge in [0.25, 0.3) is 0 Å². The van der Waals surface area contributed by atoms with Crippen molar-refractivity contribution < 1.29 is 9.31 Å². The first-order chi connectivity index (χ1) is 9.52. The number of nitro groups is 1. The summed E-state index contributed by atoms with van der Waals surface area (Å²) in [6.07, 6.45) is 1.05. The van der Waals surface area contributed by atoms with Gasteiger partial charge in [0.15, 0.2) is 0 Å².